The summed E-state index contributed by atoms with van der Waals surface area (Å²) in [5.74, 6) is 0.891. The first kappa shape index (κ1) is 30.8. The molecule has 2 N–H and O–H groups in total. The first-order chi connectivity index (χ1) is 25.5. The van der Waals surface area contributed by atoms with Crippen LogP contribution in [0.1, 0.15) is 76.3 Å². The zero-order chi connectivity index (χ0) is 34.9. The summed E-state index contributed by atoms with van der Waals surface area (Å²) in [7, 11) is 0. The standard InChI is InChI=1S/C49H39N3/c1-48(2)40-21-11-13-23-42(40)49(43-24-14-12-22-41(43)48)39-20-10-9-19-37(39)38-30-29-36(31-44(38)49)32-25-27-35(28-26-32)47-51-45(33-15-5-3-6-16-33)50-46(52-47)34-17-7-4-8-18-34/h3-31,45,47,51H,1-2H3,(H,50,52). The third-order valence-electron chi connectivity index (χ3n) is 11.7. The molecule has 3 nitrogen and oxygen atoms in total. The van der Waals surface area contributed by atoms with Crippen LogP contribution in [0.25, 0.3) is 22.3 Å². The highest BCUT2D eigenvalue weighted by Crippen LogP contribution is 2.62. The number of hydrogen-bond donors (Lipinski definition) is 2. The SMILES string of the molecule is CC1(C)c2ccccc2C2(c3ccccc3-c3ccc(-c4ccc(C5NC(c6ccccc6)=NC(c6ccccc6)N5)cc4)cc32)c2ccccc21. The van der Waals surface area contributed by atoms with Crippen molar-refractivity contribution in [2.24, 2.45) is 4.99 Å². The molecule has 7 aromatic rings. The molecule has 250 valence electrons. The van der Waals surface area contributed by atoms with E-state index in [2.05, 4.69) is 194 Å². The van der Waals surface area contributed by atoms with Gasteiger partial charge in [0.1, 0.15) is 18.2 Å². The molecule has 7 aromatic carbocycles. The highest BCUT2D eigenvalue weighted by atomic mass is 15.3. The molecular formula is C49H39N3. The molecule has 0 saturated carbocycles. The molecular weight excluding hydrogens is 631 g/mol. The highest BCUT2D eigenvalue weighted by molar-refractivity contribution is 5.99. The normalized spacial score (nSPS) is 18.7. The lowest BCUT2D eigenvalue weighted by molar-refractivity contribution is 0.409. The molecule has 0 fully saturated rings. The maximum absolute atomic E-state index is 5.09. The Bertz CT molecular complexity index is 2450. The van der Waals surface area contributed by atoms with Gasteiger partial charge in [-0.05, 0) is 72.8 Å². The van der Waals surface area contributed by atoms with Crippen LogP contribution >= 0.6 is 0 Å². The summed E-state index contributed by atoms with van der Waals surface area (Å²) in [6.07, 6.45) is -0.272. The number of nitrogens with one attached hydrogen (secondary N) is 2. The van der Waals surface area contributed by atoms with Crippen LogP contribution in [0.2, 0.25) is 0 Å². The van der Waals surface area contributed by atoms with Gasteiger partial charge >= 0.3 is 0 Å². The smallest absolute Gasteiger partial charge is 0.131 e. The number of rotatable bonds is 4. The molecule has 1 aliphatic heterocycles. The Morgan fingerprint density at radius 1 is 0.442 bits per heavy atom. The van der Waals surface area contributed by atoms with Crippen molar-refractivity contribution >= 4 is 5.84 Å². The maximum Gasteiger partial charge on any atom is 0.131 e. The fourth-order valence-electron chi connectivity index (χ4n) is 9.19. The molecule has 2 atom stereocenters. The van der Waals surface area contributed by atoms with Crippen LogP contribution in [0.4, 0.5) is 0 Å². The van der Waals surface area contributed by atoms with Crippen molar-refractivity contribution in [3.63, 3.8) is 0 Å². The van der Waals surface area contributed by atoms with E-state index in [1.54, 1.807) is 0 Å². The van der Waals surface area contributed by atoms with Gasteiger partial charge in [-0.25, -0.2) is 4.99 Å². The predicted octanol–water partition coefficient (Wildman–Crippen LogP) is 10.7. The van der Waals surface area contributed by atoms with Gasteiger partial charge in [-0.1, -0.05) is 184 Å². The van der Waals surface area contributed by atoms with Crippen LogP contribution in [0.5, 0.6) is 0 Å². The summed E-state index contributed by atoms with van der Waals surface area (Å²) in [6, 6.07) is 64.4. The van der Waals surface area contributed by atoms with Gasteiger partial charge in [0.15, 0.2) is 0 Å². The lowest BCUT2D eigenvalue weighted by Gasteiger charge is -2.46. The van der Waals surface area contributed by atoms with Gasteiger partial charge in [0.25, 0.3) is 0 Å². The van der Waals surface area contributed by atoms with E-state index in [9.17, 15) is 0 Å². The van der Waals surface area contributed by atoms with Crippen LogP contribution in [0.3, 0.4) is 0 Å². The molecule has 10 rings (SSSR count). The van der Waals surface area contributed by atoms with Crippen molar-refractivity contribution in [1.29, 1.82) is 0 Å². The molecule has 0 aromatic heterocycles. The summed E-state index contributed by atoms with van der Waals surface area (Å²) in [6.45, 7) is 4.76. The summed E-state index contributed by atoms with van der Waals surface area (Å²) in [4.78, 5) is 5.09. The molecule has 0 amide bonds. The lowest BCUT2D eigenvalue weighted by Crippen LogP contribution is -2.44. The zero-order valence-electron chi connectivity index (χ0n) is 29.3. The fourth-order valence-corrected chi connectivity index (χ4v) is 9.19. The zero-order valence-corrected chi connectivity index (χ0v) is 29.3. The minimum atomic E-state index is -0.403. The van der Waals surface area contributed by atoms with Crippen LogP contribution in [0.15, 0.2) is 181 Å². The molecule has 3 heteroatoms. The topological polar surface area (TPSA) is 36.4 Å². The highest BCUT2D eigenvalue weighted by Gasteiger charge is 2.53. The number of hydrogen-bond acceptors (Lipinski definition) is 3. The molecule has 0 saturated heterocycles. The third kappa shape index (κ3) is 4.52. The molecule has 0 radical (unpaired) electrons. The Balaban J connectivity index is 1.07. The first-order valence-corrected chi connectivity index (χ1v) is 18.3. The van der Waals surface area contributed by atoms with Crippen molar-refractivity contribution in [1.82, 2.24) is 10.6 Å². The molecule has 0 bridgehead atoms. The Morgan fingerprint density at radius 2 is 0.981 bits per heavy atom. The van der Waals surface area contributed by atoms with E-state index in [0.717, 1.165) is 22.5 Å². The number of benzene rings is 7. The minimum Gasteiger partial charge on any atom is -0.350 e. The Hall–Kier alpha value is -6.03. The molecule has 3 aliphatic rings. The maximum atomic E-state index is 5.09. The van der Waals surface area contributed by atoms with E-state index < -0.39 is 5.41 Å². The third-order valence-corrected chi connectivity index (χ3v) is 11.7. The monoisotopic (exact) mass is 669 g/mol. The van der Waals surface area contributed by atoms with Crippen molar-refractivity contribution in [3.8, 4) is 22.3 Å². The second-order valence-corrected chi connectivity index (χ2v) is 14.8. The summed E-state index contributed by atoms with van der Waals surface area (Å²) in [5.41, 5.74) is 16.2. The molecule has 2 unspecified atom stereocenters. The molecule has 1 heterocycles. The van der Waals surface area contributed by atoms with E-state index in [0.29, 0.717) is 0 Å². The van der Waals surface area contributed by atoms with Gasteiger partial charge in [-0.2, -0.15) is 0 Å². The summed E-state index contributed by atoms with van der Waals surface area (Å²) < 4.78 is 0. The van der Waals surface area contributed by atoms with Crippen LogP contribution in [0, 0.1) is 0 Å². The van der Waals surface area contributed by atoms with E-state index in [1.807, 2.05) is 6.07 Å². The van der Waals surface area contributed by atoms with Crippen LogP contribution < -0.4 is 10.6 Å². The Kier molecular flexibility index (Phi) is 6.96. The second kappa shape index (κ2) is 11.8. The molecule has 2 aliphatic carbocycles. The van der Waals surface area contributed by atoms with Gasteiger partial charge in [0.05, 0.1) is 5.41 Å². The number of amidine groups is 1. The first-order valence-electron chi connectivity index (χ1n) is 18.3. The van der Waals surface area contributed by atoms with Crippen molar-refractivity contribution in [3.05, 3.63) is 226 Å². The average Bonchev–Trinajstić information content (AvgIpc) is 3.51. The average molecular weight is 670 g/mol. The largest absolute Gasteiger partial charge is 0.350 e. The number of nitrogens with zero attached hydrogens (tertiary/aromatic N) is 1. The minimum absolute atomic E-state index is 0.108. The van der Waals surface area contributed by atoms with Crippen LogP contribution in [-0.4, -0.2) is 5.84 Å². The van der Waals surface area contributed by atoms with E-state index >= 15 is 0 Å². The summed E-state index contributed by atoms with van der Waals surface area (Å²) in [5, 5.41) is 7.45. The number of fused-ring (bicyclic) bond motifs is 9. The van der Waals surface area contributed by atoms with Gasteiger partial charge in [0, 0.05) is 11.0 Å². The fraction of sp³-hybridized carbons (Fsp3) is 0.122. The van der Waals surface area contributed by atoms with Gasteiger partial charge in [0.2, 0.25) is 0 Å². The number of aliphatic imine (C=N–C) groups is 1. The predicted molar refractivity (Wildman–Crippen MR) is 212 cm³/mol. The molecule has 52 heavy (non-hydrogen) atoms. The lowest BCUT2D eigenvalue weighted by atomic mass is 9.55. The van der Waals surface area contributed by atoms with E-state index in [4.69, 9.17) is 4.99 Å². The van der Waals surface area contributed by atoms with E-state index in [1.165, 1.54) is 55.6 Å². The van der Waals surface area contributed by atoms with Gasteiger partial charge in [-0.3, -0.25) is 5.32 Å². The Morgan fingerprint density at radius 3 is 1.65 bits per heavy atom. The van der Waals surface area contributed by atoms with E-state index in [-0.39, 0.29) is 17.7 Å². The van der Waals surface area contributed by atoms with Gasteiger partial charge in [-0.15, -0.1) is 0 Å². The summed E-state index contributed by atoms with van der Waals surface area (Å²) >= 11 is 0. The van der Waals surface area contributed by atoms with Crippen LogP contribution in [-0.2, 0) is 10.8 Å². The Labute approximate surface area is 305 Å². The quantitative estimate of drug-likeness (QED) is 0.196. The van der Waals surface area contributed by atoms with Gasteiger partial charge < -0.3 is 5.32 Å². The molecule has 1 spiro atoms. The second-order valence-electron chi connectivity index (χ2n) is 14.8. The van der Waals surface area contributed by atoms with Crippen molar-refractivity contribution < 1.29 is 0 Å². The van der Waals surface area contributed by atoms with Crippen molar-refractivity contribution in [2.75, 3.05) is 0 Å². The van der Waals surface area contributed by atoms with Crippen molar-refractivity contribution in [2.45, 2.75) is 37.0 Å².